The predicted molar refractivity (Wildman–Crippen MR) is 79.6 cm³/mol. The zero-order valence-corrected chi connectivity index (χ0v) is 12.9. The van der Waals surface area contributed by atoms with Gasteiger partial charge in [-0.1, -0.05) is 6.92 Å². The highest BCUT2D eigenvalue weighted by molar-refractivity contribution is 7.93. The lowest BCUT2D eigenvalue weighted by molar-refractivity contribution is 0.405. The normalized spacial score (nSPS) is 21.9. The number of nitrogens with one attached hydrogen (secondary N) is 2. The molecule has 2 aromatic rings. The van der Waals surface area contributed by atoms with Crippen LogP contribution in [0.3, 0.4) is 0 Å². The van der Waals surface area contributed by atoms with Gasteiger partial charge in [0.15, 0.2) is 0 Å². The molecule has 0 bridgehead atoms. The number of nitrogens with zero attached hydrogens (tertiary/aromatic N) is 3. The van der Waals surface area contributed by atoms with E-state index in [0.29, 0.717) is 36.9 Å². The van der Waals surface area contributed by atoms with Gasteiger partial charge < -0.3 is 9.73 Å². The molecule has 3 heterocycles. The maximum Gasteiger partial charge on any atom is 0.236 e. The average molecular weight is 323 g/mol. The third kappa shape index (κ3) is 3.09. The molecule has 0 spiro atoms. The van der Waals surface area contributed by atoms with Crippen molar-refractivity contribution >= 4 is 15.7 Å². The fraction of sp³-hybridized carbons (Fsp3) is 0.462. The van der Waals surface area contributed by atoms with Gasteiger partial charge in [0, 0.05) is 19.2 Å². The number of hydrogen-bond acceptors (Lipinski definition) is 7. The van der Waals surface area contributed by atoms with E-state index in [1.54, 1.807) is 18.3 Å². The Bertz CT molecular complexity index is 731. The van der Waals surface area contributed by atoms with Crippen LogP contribution in [-0.4, -0.2) is 35.4 Å². The molecule has 1 aliphatic rings. The number of sulfonamides is 1. The molecular weight excluding hydrogens is 306 g/mol. The minimum atomic E-state index is -3.50. The van der Waals surface area contributed by atoms with Gasteiger partial charge in [0.2, 0.25) is 21.8 Å². The van der Waals surface area contributed by atoms with Gasteiger partial charge >= 0.3 is 0 Å². The van der Waals surface area contributed by atoms with Crippen LogP contribution in [0.25, 0.3) is 0 Å². The summed E-state index contributed by atoms with van der Waals surface area (Å²) < 4.78 is 32.8. The monoisotopic (exact) mass is 323 g/mol. The Morgan fingerprint density at radius 2 is 2.32 bits per heavy atom. The Balaban J connectivity index is 1.69. The van der Waals surface area contributed by atoms with Crippen molar-refractivity contribution in [3.05, 3.63) is 36.3 Å². The molecular formula is C13H17N5O3S. The quantitative estimate of drug-likeness (QED) is 0.840. The molecule has 0 amide bonds. The summed E-state index contributed by atoms with van der Waals surface area (Å²) in [7, 11) is -3.50. The summed E-state index contributed by atoms with van der Waals surface area (Å²) in [6, 6.07) is 3.11. The molecule has 0 aliphatic carbocycles. The summed E-state index contributed by atoms with van der Waals surface area (Å²) in [5.74, 6) is 0.993. The Hall–Kier alpha value is -2.00. The number of hydrogen-bond donors (Lipinski definition) is 2. The summed E-state index contributed by atoms with van der Waals surface area (Å²) >= 11 is 0. The zero-order chi connectivity index (χ0) is 15.6. The van der Waals surface area contributed by atoms with Crippen LogP contribution in [0.5, 0.6) is 0 Å². The number of aromatic nitrogens is 3. The fourth-order valence-electron chi connectivity index (χ4n) is 2.35. The van der Waals surface area contributed by atoms with Crippen molar-refractivity contribution in [3.8, 4) is 0 Å². The molecule has 1 aliphatic heterocycles. The Morgan fingerprint density at radius 1 is 1.45 bits per heavy atom. The van der Waals surface area contributed by atoms with E-state index in [0.717, 1.165) is 0 Å². The summed E-state index contributed by atoms with van der Waals surface area (Å²) in [6.45, 7) is 2.26. The standard InChI is InChI=1S/C13H17N5O3S/c1-2-12-16-17-13(21-12)11-6-10(8-15-11)22(19,20)18-9-4-3-5-14-7-9/h3-5,7,10-11,15,18H,2,6,8H2,1H3. The predicted octanol–water partition coefficient (Wildman–Crippen LogP) is 0.872. The first-order chi connectivity index (χ1) is 10.6. The second kappa shape index (κ2) is 6.01. The van der Waals surface area contributed by atoms with Gasteiger partial charge in [-0.3, -0.25) is 9.71 Å². The van der Waals surface area contributed by atoms with E-state index in [-0.39, 0.29) is 6.04 Å². The van der Waals surface area contributed by atoms with Gasteiger partial charge in [0.05, 0.1) is 23.2 Å². The molecule has 9 heteroatoms. The summed E-state index contributed by atoms with van der Waals surface area (Å²) in [5.41, 5.74) is 0.456. The first-order valence-corrected chi connectivity index (χ1v) is 8.60. The fourth-order valence-corrected chi connectivity index (χ4v) is 3.73. The number of rotatable bonds is 5. The van der Waals surface area contributed by atoms with Crippen LogP contribution < -0.4 is 10.0 Å². The van der Waals surface area contributed by atoms with Gasteiger partial charge in [-0.25, -0.2) is 8.42 Å². The van der Waals surface area contributed by atoms with Gasteiger partial charge in [-0.2, -0.15) is 0 Å². The largest absolute Gasteiger partial charge is 0.424 e. The lowest BCUT2D eigenvalue weighted by Crippen LogP contribution is -2.29. The summed E-state index contributed by atoms with van der Waals surface area (Å²) in [6.07, 6.45) is 4.11. The van der Waals surface area contributed by atoms with E-state index in [4.69, 9.17) is 4.42 Å². The van der Waals surface area contributed by atoms with Crippen molar-refractivity contribution in [1.82, 2.24) is 20.5 Å². The molecule has 1 saturated heterocycles. The molecule has 8 nitrogen and oxygen atoms in total. The number of pyridine rings is 1. The van der Waals surface area contributed by atoms with Crippen molar-refractivity contribution in [2.45, 2.75) is 31.1 Å². The van der Waals surface area contributed by atoms with Crippen molar-refractivity contribution in [1.29, 1.82) is 0 Å². The van der Waals surface area contributed by atoms with Crippen molar-refractivity contribution < 1.29 is 12.8 Å². The van der Waals surface area contributed by atoms with Crippen LogP contribution >= 0.6 is 0 Å². The second-order valence-corrected chi connectivity index (χ2v) is 7.06. The Kier molecular flexibility index (Phi) is 4.08. The van der Waals surface area contributed by atoms with Crippen LogP contribution in [0, 0.1) is 0 Å². The van der Waals surface area contributed by atoms with E-state index in [2.05, 4.69) is 25.2 Å². The Morgan fingerprint density at radius 3 is 3.00 bits per heavy atom. The van der Waals surface area contributed by atoms with Gasteiger partial charge in [-0.15, -0.1) is 10.2 Å². The molecule has 2 N–H and O–H groups in total. The van der Waals surface area contributed by atoms with Crippen LogP contribution in [0.15, 0.2) is 28.9 Å². The van der Waals surface area contributed by atoms with E-state index < -0.39 is 15.3 Å². The minimum absolute atomic E-state index is 0.233. The first-order valence-electron chi connectivity index (χ1n) is 7.06. The van der Waals surface area contributed by atoms with E-state index in [1.165, 1.54) is 6.20 Å². The van der Waals surface area contributed by atoms with E-state index in [1.807, 2.05) is 6.92 Å². The molecule has 2 aromatic heterocycles. The molecule has 0 saturated carbocycles. The zero-order valence-electron chi connectivity index (χ0n) is 12.1. The van der Waals surface area contributed by atoms with Crippen molar-refractivity contribution in [2.24, 2.45) is 0 Å². The van der Waals surface area contributed by atoms with Gasteiger partial charge in [-0.05, 0) is 18.6 Å². The highest BCUT2D eigenvalue weighted by Gasteiger charge is 2.37. The molecule has 118 valence electrons. The average Bonchev–Trinajstić information content (AvgIpc) is 3.17. The first kappa shape index (κ1) is 14.9. The second-order valence-electron chi connectivity index (χ2n) is 5.09. The summed E-state index contributed by atoms with van der Waals surface area (Å²) in [4.78, 5) is 3.89. The third-order valence-electron chi connectivity index (χ3n) is 3.53. The van der Waals surface area contributed by atoms with Crippen molar-refractivity contribution in [2.75, 3.05) is 11.3 Å². The number of aryl methyl sites for hydroxylation is 1. The maximum atomic E-state index is 12.4. The number of anilines is 1. The van der Waals surface area contributed by atoms with Crippen LogP contribution in [0.2, 0.25) is 0 Å². The molecule has 2 unspecified atom stereocenters. The Labute approximate surface area is 128 Å². The molecule has 0 aromatic carbocycles. The lowest BCUT2D eigenvalue weighted by atomic mass is 10.2. The van der Waals surface area contributed by atoms with Gasteiger partial charge in [0.1, 0.15) is 0 Å². The molecule has 3 rings (SSSR count). The topological polar surface area (TPSA) is 110 Å². The third-order valence-corrected chi connectivity index (χ3v) is 5.29. The molecule has 22 heavy (non-hydrogen) atoms. The molecule has 0 radical (unpaired) electrons. The van der Waals surface area contributed by atoms with Crippen LogP contribution in [-0.2, 0) is 16.4 Å². The van der Waals surface area contributed by atoms with Gasteiger partial charge in [0.25, 0.3) is 0 Å². The molecule has 2 atom stereocenters. The maximum absolute atomic E-state index is 12.4. The molecule has 1 fully saturated rings. The highest BCUT2D eigenvalue weighted by Crippen LogP contribution is 2.27. The SMILES string of the molecule is CCc1nnc(C2CC(S(=O)(=O)Nc3cccnc3)CN2)o1. The highest BCUT2D eigenvalue weighted by atomic mass is 32.2. The van der Waals surface area contributed by atoms with Crippen molar-refractivity contribution in [3.63, 3.8) is 0 Å². The smallest absolute Gasteiger partial charge is 0.236 e. The summed E-state index contributed by atoms with van der Waals surface area (Å²) in [5, 5.41) is 10.4. The van der Waals surface area contributed by atoms with Crippen LogP contribution in [0.1, 0.15) is 31.2 Å². The van der Waals surface area contributed by atoms with Crippen LogP contribution in [0.4, 0.5) is 5.69 Å². The lowest BCUT2D eigenvalue weighted by Gasteiger charge is -2.12. The minimum Gasteiger partial charge on any atom is -0.424 e. The van der Waals surface area contributed by atoms with E-state index >= 15 is 0 Å². The van der Waals surface area contributed by atoms with E-state index in [9.17, 15) is 8.42 Å².